The van der Waals surface area contributed by atoms with Crippen LogP contribution in [0.3, 0.4) is 0 Å². The summed E-state index contributed by atoms with van der Waals surface area (Å²) < 4.78 is 27.2. The molecule has 0 spiro atoms. The van der Waals surface area contributed by atoms with Crippen LogP contribution < -0.4 is 0 Å². The summed E-state index contributed by atoms with van der Waals surface area (Å²) in [5.74, 6) is 0.543. The summed E-state index contributed by atoms with van der Waals surface area (Å²) in [6.07, 6.45) is 3.69. The number of hydrogen-bond donors (Lipinski definition) is 0. The Kier molecular flexibility index (Phi) is 6.64. The Bertz CT molecular complexity index is 963. The van der Waals surface area contributed by atoms with Gasteiger partial charge in [0, 0.05) is 32.4 Å². The number of sulfonamides is 1. The second-order valence-electron chi connectivity index (χ2n) is 7.55. The molecule has 1 fully saturated rings. The maximum atomic E-state index is 12.9. The number of carbonyl (C=O) groups excluding carboxylic acids is 1. The largest absolute Gasteiger partial charge is 0.338 e. The van der Waals surface area contributed by atoms with Crippen molar-refractivity contribution in [2.45, 2.75) is 44.9 Å². The lowest BCUT2D eigenvalue weighted by Crippen LogP contribution is -2.39. The minimum atomic E-state index is -3.42. The van der Waals surface area contributed by atoms with Gasteiger partial charge < -0.3 is 4.90 Å². The van der Waals surface area contributed by atoms with E-state index in [4.69, 9.17) is 0 Å². The Hall–Kier alpha value is -2.32. The third-order valence-electron chi connectivity index (χ3n) is 5.46. The van der Waals surface area contributed by atoms with Gasteiger partial charge in [-0.25, -0.2) is 22.7 Å². The van der Waals surface area contributed by atoms with Crippen LogP contribution in [0, 0.1) is 13.8 Å². The maximum absolute atomic E-state index is 12.9. The van der Waals surface area contributed by atoms with Crippen LogP contribution in [0.5, 0.6) is 0 Å². The van der Waals surface area contributed by atoms with Crippen LogP contribution in [0.25, 0.3) is 0 Å². The van der Waals surface area contributed by atoms with Crippen LogP contribution >= 0.6 is 0 Å². The minimum absolute atomic E-state index is 0.0105. The fourth-order valence-corrected chi connectivity index (χ4v) is 5.21. The molecule has 1 saturated heterocycles. The molecule has 0 bridgehead atoms. The van der Waals surface area contributed by atoms with Gasteiger partial charge in [0.15, 0.2) is 0 Å². The molecule has 1 amide bonds. The first-order chi connectivity index (χ1) is 13.8. The third-order valence-corrected chi connectivity index (χ3v) is 7.33. The van der Waals surface area contributed by atoms with Gasteiger partial charge in [0.25, 0.3) is 5.91 Å². The number of benzene rings is 1. The Morgan fingerprint density at radius 1 is 1.17 bits per heavy atom. The second-order valence-corrected chi connectivity index (χ2v) is 9.58. The van der Waals surface area contributed by atoms with E-state index >= 15 is 0 Å². The maximum Gasteiger partial charge on any atom is 0.257 e. The first kappa shape index (κ1) is 21.4. The van der Waals surface area contributed by atoms with Crippen molar-refractivity contribution in [3.05, 3.63) is 59.2 Å². The summed E-state index contributed by atoms with van der Waals surface area (Å²) in [6, 6.07) is 9.10. The van der Waals surface area contributed by atoms with Crippen LogP contribution in [0.15, 0.2) is 36.5 Å². The summed E-state index contributed by atoms with van der Waals surface area (Å²) in [6.45, 7) is 4.73. The quantitative estimate of drug-likeness (QED) is 0.748. The Labute approximate surface area is 172 Å². The van der Waals surface area contributed by atoms with E-state index in [9.17, 15) is 13.2 Å². The number of likely N-dealkylation sites (tertiary alicyclic amines) is 1. The monoisotopic (exact) mass is 416 g/mol. The van der Waals surface area contributed by atoms with Gasteiger partial charge in [-0.15, -0.1) is 0 Å². The van der Waals surface area contributed by atoms with Gasteiger partial charge in [0.2, 0.25) is 10.0 Å². The van der Waals surface area contributed by atoms with Crippen LogP contribution in [0.4, 0.5) is 0 Å². The van der Waals surface area contributed by atoms with E-state index in [0.717, 1.165) is 18.4 Å². The molecule has 1 atom stereocenters. The molecule has 3 rings (SSSR count). The van der Waals surface area contributed by atoms with Crippen LogP contribution in [-0.2, 0) is 15.8 Å². The highest BCUT2D eigenvalue weighted by molar-refractivity contribution is 7.88. The first-order valence-corrected chi connectivity index (χ1v) is 11.5. The molecule has 0 saturated carbocycles. The Morgan fingerprint density at radius 3 is 2.59 bits per heavy atom. The molecule has 0 N–H and O–H groups in total. The molecular weight excluding hydrogens is 388 g/mol. The number of hydrogen-bond acceptors (Lipinski definition) is 5. The van der Waals surface area contributed by atoms with Crippen molar-refractivity contribution >= 4 is 15.9 Å². The molecule has 1 aliphatic rings. The van der Waals surface area contributed by atoms with Gasteiger partial charge in [-0.05, 0) is 38.7 Å². The normalized spacial score (nSPS) is 17.9. The molecule has 0 aliphatic carbocycles. The third kappa shape index (κ3) is 5.19. The molecule has 29 heavy (non-hydrogen) atoms. The van der Waals surface area contributed by atoms with Gasteiger partial charge in [-0.3, -0.25) is 4.79 Å². The van der Waals surface area contributed by atoms with E-state index in [1.807, 2.05) is 37.3 Å². The van der Waals surface area contributed by atoms with Crippen molar-refractivity contribution in [3.63, 3.8) is 0 Å². The molecular formula is C21H28N4O3S. The van der Waals surface area contributed by atoms with Crippen molar-refractivity contribution in [3.8, 4) is 0 Å². The number of amides is 1. The van der Waals surface area contributed by atoms with Gasteiger partial charge >= 0.3 is 0 Å². The smallest absolute Gasteiger partial charge is 0.257 e. The van der Waals surface area contributed by atoms with E-state index in [2.05, 4.69) is 9.97 Å². The Morgan fingerprint density at radius 2 is 1.90 bits per heavy atom. The Balaban J connectivity index is 1.66. The van der Waals surface area contributed by atoms with Crippen molar-refractivity contribution in [2.24, 2.45) is 0 Å². The number of aromatic nitrogens is 2. The highest BCUT2D eigenvalue weighted by Crippen LogP contribution is 2.22. The highest BCUT2D eigenvalue weighted by atomic mass is 32.2. The van der Waals surface area contributed by atoms with Gasteiger partial charge in [-0.2, -0.15) is 0 Å². The van der Waals surface area contributed by atoms with Crippen LogP contribution in [0.2, 0.25) is 0 Å². The average molecular weight is 417 g/mol. The SMILES string of the molecule is Cc1ncc(C(=O)N2CCC[C@H](N(C)S(=O)(=O)Cc3ccccc3)CC2)c(C)n1. The first-order valence-electron chi connectivity index (χ1n) is 9.87. The highest BCUT2D eigenvalue weighted by Gasteiger charge is 2.30. The lowest BCUT2D eigenvalue weighted by Gasteiger charge is -2.27. The van der Waals surface area contributed by atoms with Crippen molar-refractivity contribution in [2.75, 3.05) is 20.1 Å². The van der Waals surface area contributed by atoms with Crippen molar-refractivity contribution in [1.29, 1.82) is 0 Å². The van der Waals surface area contributed by atoms with Gasteiger partial charge in [-0.1, -0.05) is 30.3 Å². The fraction of sp³-hybridized carbons (Fsp3) is 0.476. The van der Waals surface area contributed by atoms with E-state index in [1.165, 1.54) is 4.31 Å². The summed E-state index contributed by atoms with van der Waals surface area (Å²) in [5.41, 5.74) is 1.96. The number of carbonyl (C=O) groups is 1. The minimum Gasteiger partial charge on any atom is -0.338 e. The predicted molar refractivity (Wildman–Crippen MR) is 112 cm³/mol. The topological polar surface area (TPSA) is 83.5 Å². The summed E-state index contributed by atoms with van der Waals surface area (Å²) in [5, 5.41) is 0. The zero-order valence-corrected chi connectivity index (χ0v) is 18.0. The van der Waals surface area contributed by atoms with Gasteiger partial charge in [0.1, 0.15) is 5.82 Å². The van der Waals surface area contributed by atoms with Crippen molar-refractivity contribution < 1.29 is 13.2 Å². The fourth-order valence-electron chi connectivity index (χ4n) is 3.72. The zero-order valence-electron chi connectivity index (χ0n) is 17.2. The molecule has 2 aromatic rings. The molecule has 156 valence electrons. The molecule has 1 aromatic carbocycles. The van der Waals surface area contributed by atoms with Crippen LogP contribution in [-0.4, -0.2) is 59.7 Å². The number of nitrogens with zero attached hydrogens (tertiary/aromatic N) is 4. The molecule has 8 heteroatoms. The number of aryl methyl sites for hydroxylation is 2. The van der Waals surface area contributed by atoms with Crippen molar-refractivity contribution in [1.82, 2.24) is 19.2 Å². The standard InChI is InChI=1S/C21H28N4O3S/c1-16-20(14-22-17(2)23-16)21(26)25-12-7-10-19(11-13-25)24(3)29(27,28)15-18-8-5-4-6-9-18/h4-6,8-9,14,19H,7,10-13,15H2,1-3H3/t19-/m0/s1. The molecule has 1 aromatic heterocycles. The molecule has 2 heterocycles. The molecule has 0 radical (unpaired) electrons. The summed E-state index contributed by atoms with van der Waals surface area (Å²) in [7, 11) is -1.77. The summed E-state index contributed by atoms with van der Waals surface area (Å²) >= 11 is 0. The lowest BCUT2D eigenvalue weighted by atomic mass is 10.1. The zero-order chi connectivity index (χ0) is 21.0. The van der Waals surface area contributed by atoms with E-state index in [0.29, 0.717) is 36.6 Å². The average Bonchev–Trinajstić information content (AvgIpc) is 2.93. The van der Waals surface area contributed by atoms with E-state index < -0.39 is 10.0 Å². The predicted octanol–water partition coefficient (Wildman–Crippen LogP) is 2.55. The molecule has 0 unspecified atom stereocenters. The molecule has 1 aliphatic heterocycles. The lowest BCUT2D eigenvalue weighted by molar-refractivity contribution is 0.0758. The number of rotatable bonds is 5. The molecule has 7 nitrogen and oxygen atoms in total. The van der Waals surface area contributed by atoms with Gasteiger partial charge in [0.05, 0.1) is 17.0 Å². The van der Waals surface area contributed by atoms with Crippen LogP contribution in [0.1, 0.15) is 46.7 Å². The van der Waals surface area contributed by atoms with E-state index in [1.54, 1.807) is 25.1 Å². The second kappa shape index (κ2) is 9.00. The summed E-state index contributed by atoms with van der Waals surface area (Å²) in [4.78, 5) is 23.1. The van der Waals surface area contributed by atoms with E-state index in [-0.39, 0.29) is 17.7 Å².